The predicted molar refractivity (Wildman–Crippen MR) is 141 cm³/mol. The lowest BCUT2D eigenvalue weighted by molar-refractivity contribution is 0.850. The normalized spacial score (nSPS) is 20.5. The molecule has 0 saturated carbocycles. The van der Waals surface area contributed by atoms with Gasteiger partial charge in [-0.3, -0.25) is 0 Å². The first-order chi connectivity index (χ1) is 14.8. The summed E-state index contributed by atoms with van der Waals surface area (Å²) in [6.45, 7) is 13.7. The summed E-state index contributed by atoms with van der Waals surface area (Å²) in [5, 5.41) is 2.00. The lowest BCUT2D eigenvalue weighted by Gasteiger charge is -2.45. The Morgan fingerprint density at radius 2 is 1.06 bits per heavy atom. The van der Waals surface area contributed by atoms with E-state index in [1.807, 2.05) is 0 Å². The average Bonchev–Trinajstić information content (AvgIpc) is 3.14. The molecule has 2 aromatic rings. The largest absolute Gasteiger partial charge is 0.0837 e. The van der Waals surface area contributed by atoms with Crippen molar-refractivity contribution in [1.29, 1.82) is 0 Å². The molecule has 2 aliphatic rings. The molecule has 0 N–H and O–H groups in total. The number of fused-ring (bicyclic) bond motifs is 2. The Morgan fingerprint density at radius 1 is 0.677 bits per heavy atom. The van der Waals surface area contributed by atoms with E-state index in [1.165, 1.54) is 69.5 Å². The van der Waals surface area contributed by atoms with E-state index in [2.05, 4.69) is 77.9 Å². The molecule has 2 atom stereocenters. The summed E-state index contributed by atoms with van der Waals surface area (Å²) in [5.41, 5.74) is 11.8. The fourth-order valence-electron chi connectivity index (χ4n) is 6.86. The Kier molecular flexibility index (Phi) is 6.33. The molecular formula is C28H34Cl2Si. The highest BCUT2D eigenvalue weighted by Gasteiger charge is 2.53. The maximum Gasteiger partial charge on any atom is 0.0783 e. The van der Waals surface area contributed by atoms with Gasteiger partial charge >= 0.3 is 0 Å². The summed E-state index contributed by atoms with van der Waals surface area (Å²) in [6.07, 6.45) is 2.41. The third-order valence-corrected chi connectivity index (χ3v) is 15.4. The number of aryl methyl sites for hydroxylation is 2. The molecule has 0 aliphatic heterocycles. The van der Waals surface area contributed by atoms with Crippen molar-refractivity contribution in [3.8, 4) is 0 Å². The van der Waals surface area contributed by atoms with Crippen molar-refractivity contribution in [2.24, 2.45) is 0 Å². The second-order valence-electron chi connectivity index (χ2n) is 9.67. The second-order valence-corrected chi connectivity index (χ2v) is 15.0. The molecule has 2 aromatic carbocycles. The fraction of sp³-hybridized carbons (Fsp3) is 0.429. The number of hydrogen-bond donors (Lipinski definition) is 0. The van der Waals surface area contributed by atoms with Crippen LogP contribution in [0.3, 0.4) is 0 Å². The Morgan fingerprint density at radius 3 is 1.42 bits per heavy atom. The quantitative estimate of drug-likeness (QED) is 0.370. The van der Waals surface area contributed by atoms with Crippen LogP contribution >= 0.6 is 23.2 Å². The van der Waals surface area contributed by atoms with E-state index >= 15 is 0 Å². The molecule has 0 saturated heterocycles. The van der Waals surface area contributed by atoms with Crippen LogP contribution < -0.4 is 0 Å². The summed E-state index contributed by atoms with van der Waals surface area (Å²) in [4.78, 5) is 0. The van der Waals surface area contributed by atoms with Gasteiger partial charge in [-0.25, -0.2) is 0 Å². The van der Waals surface area contributed by atoms with Gasteiger partial charge in [-0.05, 0) is 72.2 Å². The third-order valence-electron chi connectivity index (χ3n) is 7.81. The van der Waals surface area contributed by atoms with Crippen molar-refractivity contribution < 1.29 is 0 Å². The molecule has 0 spiro atoms. The standard InChI is InChI=1S/C28H34Cl2Si/c1-7-15-31(16-8-2,27-19(5)25(29)23-17(3)11-9-13-21(23)27)28-20(6)26(30)24-18(4)12-10-14-22(24)28/h9-14,27-28H,7-8,15-16H2,1-6H3. The molecule has 2 aliphatic carbocycles. The highest BCUT2D eigenvalue weighted by atomic mass is 35.5. The van der Waals surface area contributed by atoms with Gasteiger partial charge in [-0.15, -0.1) is 0 Å². The maximum absolute atomic E-state index is 7.06. The van der Waals surface area contributed by atoms with Crippen LogP contribution in [-0.2, 0) is 0 Å². The highest BCUT2D eigenvalue weighted by Crippen LogP contribution is 2.60. The Bertz CT molecular complexity index is 1000. The van der Waals surface area contributed by atoms with Gasteiger partial charge in [-0.2, -0.15) is 0 Å². The third kappa shape index (κ3) is 3.31. The van der Waals surface area contributed by atoms with Gasteiger partial charge in [0.1, 0.15) is 0 Å². The molecule has 2 unspecified atom stereocenters. The van der Waals surface area contributed by atoms with Gasteiger partial charge in [0.25, 0.3) is 0 Å². The first kappa shape index (κ1) is 22.9. The molecule has 164 valence electrons. The van der Waals surface area contributed by atoms with E-state index in [-0.39, 0.29) is 0 Å². The summed E-state index contributed by atoms with van der Waals surface area (Å²) in [7, 11) is -1.97. The monoisotopic (exact) mass is 468 g/mol. The zero-order valence-electron chi connectivity index (χ0n) is 19.7. The molecule has 0 amide bonds. The molecule has 0 nitrogen and oxygen atoms in total. The van der Waals surface area contributed by atoms with E-state index in [0.717, 1.165) is 10.1 Å². The molecule has 4 rings (SSSR count). The van der Waals surface area contributed by atoms with Gasteiger partial charge in [0.05, 0.1) is 8.07 Å². The van der Waals surface area contributed by atoms with E-state index < -0.39 is 8.07 Å². The van der Waals surface area contributed by atoms with Gasteiger partial charge in [0.15, 0.2) is 0 Å². The number of halogens is 2. The van der Waals surface area contributed by atoms with Crippen molar-refractivity contribution in [1.82, 2.24) is 0 Å². The van der Waals surface area contributed by atoms with Crippen LogP contribution in [0.25, 0.3) is 10.1 Å². The Labute approximate surface area is 199 Å². The van der Waals surface area contributed by atoms with E-state index in [9.17, 15) is 0 Å². The van der Waals surface area contributed by atoms with Crippen LogP contribution in [0.4, 0.5) is 0 Å². The number of allylic oxidation sites excluding steroid dienone is 2. The Hall–Kier alpha value is -1.28. The zero-order valence-corrected chi connectivity index (χ0v) is 22.2. The minimum atomic E-state index is -1.97. The topological polar surface area (TPSA) is 0 Å². The van der Waals surface area contributed by atoms with Crippen LogP contribution in [0.15, 0.2) is 47.5 Å². The van der Waals surface area contributed by atoms with Gasteiger partial charge in [0, 0.05) is 21.1 Å². The molecule has 0 fully saturated rings. The molecule has 0 bridgehead atoms. The fourth-order valence-corrected chi connectivity index (χ4v) is 15.1. The van der Waals surface area contributed by atoms with Crippen LogP contribution in [0.1, 0.15) is 85.0 Å². The smallest absolute Gasteiger partial charge is 0.0783 e. The number of benzene rings is 2. The summed E-state index contributed by atoms with van der Waals surface area (Å²) < 4.78 is 0. The molecule has 0 heterocycles. The number of rotatable bonds is 6. The average molecular weight is 470 g/mol. The molecule has 31 heavy (non-hydrogen) atoms. The van der Waals surface area contributed by atoms with E-state index in [1.54, 1.807) is 0 Å². The lowest BCUT2D eigenvalue weighted by atomic mass is 10.0. The number of hydrogen-bond acceptors (Lipinski definition) is 0. The van der Waals surface area contributed by atoms with E-state index in [0.29, 0.717) is 11.1 Å². The van der Waals surface area contributed by atoms with Crippen molar-refractivity contribution >= 4 is 41.3 Å². The summed E-state index contributed by atoms with van der Waals surface area (Å²) >= 11 is 14.1. The molecule has 0 aromatic heterocycles. The SMILES string of the molecule is CCC[Si](CCC)(C1C(C)=C(Cl)c2c(C)cccc21)C1C(C)=C(Cl)c2c(C)cccc21. The van der Waals surface area contributed by atoms with Crippen LogP contribution in [0.5, 0.6) is 0 Å². The van der Waals surface area contributed by atoms with E-state index in [4.69, 9.17) is 23.2 Å². The van der Waals surface area contributed by atoms with Gasteiger partial charge in [0.2, 0.25) is 0 Å². The van der Waals surface area contributed by atoms with Crippen LogP contribution in [0, 0.1) is 13.8 Å². The van der Waals surface area contributed by atoms with Crippen molar-refractivity contribution in [2.75, 3.05) is 0 Å². The minimum absolute atomic E-state index is 0.450. The van der Waals surface area contributed by atoms with Gasteiger partial charge < -0.3 is 0 Å². The molecule has 3 heteroatoms. The molecule has 0 radical (unpaired) electrons. The van der Waals surface area contributed by atoms with Crippen molar-refractivity contribution in [3.05, 3.63) is 80.9 Å². The zero-order chi connectivity index (χ0) is 22.5. The van der Waals surface area contributed by atoms with Crippen molar-refractivity contribution in [3.63, 3.8) is 0 Å². The maximum atomic E-state index is 7.06. The summed E-state index contributed by atoms with van der Waals surface area (Å²) in [6, 6.07) is 16.1. The van der Waals surface area contributed by atoms with Gasteiger partial charge in [-0.1, -0.05) is 98.4 Å². The first-order valence-electron chi connectivity index (χ1n) is 11.7. The first-order valence-corrected chi connectivity index (χ1v) is 15.0. The van der Waals surface area contributed by atoms with Crippen LogP contribution in [0.2, 0.25) is 12.1 Å². The van der Waals surface area contributed by atoms with Crippen molar-refractivity contribution in [2.45, 2.75) is 77.6 Å². The Balaban J connectivity index is 2.03. The summed E-state index contributed by atoms with van der Waals surface area (Å²) in [5.74, 6) is 0. The highest BCUT2D eigenvalue weighted by molar-refractivity contribution is 6.84. The predicted octanol–water partition coefficient (Wildman–Crippen LogP) is 9.48. The minimum Gasteiger partial charge on any atom is -0.0837 e. The second kappa shape index (κ2) is 8.58. The molecular weight excluding hydrogens is 435 g/mol. The van der Waals surface area contributed by atoms with Crippen LogP contribution in [-0.4, -0.2) is 8.07 Å². The lowest BCUT2D eigenvalue weighted by Crippen LogP contribution is -2.48.